The number of aromatic nitrogens is 4. The third-order valence-electron chi connectivity index (χ3n) is 7.01. The number of piperidine rings is 2. The Morgan fingerprint density at radius 2 is 2.06 bits per heavy atom. The zero-order valence-electron chi connectivity index (χ0n) is 18.8. The number of pyridine rings is 2. The Morgan fingerprint density at radius 3 is 2.78 bits per heavy atom. The fraction of sp³-hybridized carbons (Fsp3) is 0.500. The fourth-order valence-electron chi connectivity index (χ4n) is 5.49. The summed E-state index contributed by atoms with van der Waals surface area (Å²) in [5, 5.41) is 20.7. The minimum absolute atomic E-state index is 0.419. The van der Waals surface area contributed by atoms with Gasteiger partial charge in [0.25, 0.3) is 0 Å². The first-order chi connectivity index (χ1) is 15.6. The third kappa shape index (κ3) is 4.00. The van der Waals surface area contributed by atoms with Crippen LogP contribution in [0.2, 0.25) is 0 Å². The highest BCUT2D eigenvalue weighted by Crippen LogP contribution is 2.38. The van der Waals surface area contributed by atoms with Gasteiger partial charge in [0.2, 0.25) is 0 Å². The first-order valence-electron chi connectivity index (χ1n) is 11.5. The minimum Gasteiger partial charge on any atom is -0.356 e. The number of rotatable bonds is 6. The van der Waals surface area contributed by atoms with Gasteiger partial charge in [-0.1, -0.05) is 6.42 Å². The maximum atomic E-state index is 9.07. The Balaban J connectivity index is 1.44. The second-order valence-corrected chi connectivity index (χ2v) is 9.08. The number of anilines is 3. The molecule has 0 unspecified atom stereocenters. The maximum Gasteiger partial charge on any atom is 0.153 e. The van der Waals surface area contributed by atoms with Gasteiger partial charge in [0, 0.05) is 67.5 Å². The normalized spacial score (nSPS) is 23.1. The number of H-pyrrole nitrogens is 1. The Morgan fingerprint density at radius 1 is 1.25 bits per heavy atom. The van der Waals surface area contributed by atoms with Gasteiger partial charge in [0.1, 0.15) is 11.6 Å². The summed E-state index contributed by atoms with van der Waals surface area (Å²) in [6, 6.07) is 11.9. The molecular weight excluding hydrogens is 400 g/mol. The molecule has 8 nitrogen and oxygen atoms in total. The molecule has 0 saturated carbocycles. The molecule has 32 heavy (non-hydrogen) atoms. The Labute approximate surface area is 188 Å². The lowest BCUT2D eigenvalue weighted by molar-refractivity contribution is 0.0327. The molecule has 2 bridgehead atoms. The molecule has 3 atom stereocenters. The van der Waals surface area contributed by atoms with Crippen molar-refractivity contribution in [2.45, 2.75) is 63.6 Å². The maximum absolute atomic E-state index is 9.07. The molecule has 8 heteroatoms. The van der Waals surface area contributed by atoms with Crippen molar-refractivity contribution in [3.63, 3.8) is 0 Å². The summed E-state index contributed by atoms with van der Waals surface area (Å²) >= 11 is 0. The van der Waals surface area contributed by atoms with Crippen LogP contribution in [0.1, 0.15) is 44.2 Å². The number of nitrogens with one attached hydrogen (secondary N) is 2. The molecule has 2 saturated heterocycles. The average Bonchev–Trinajstić information content (AvgIpc) is 3.20. The van der Waals surface area contributed by atoms with Crippen LogP contribution in [0, 0.1) is 18.3 Å². The van der Waals surface area contributed by atoms with Crippen molar-refractivity contribution >= 4 is 28.4 Å². The van der Waals surface area contributed by atoms with E-state index in [1.54, 1.807) is 0 Å². The predicted molar refractivity (Wildman–Crippen MR) is 126 cm³/mol. The first kappa shape index (κ1) is 20.7. The lowest BCUT2D eigenvalue weighted by atomic mass is 9.81. The average molecular weight is 431 g/mol. The Kier molecular flexibility index (Phi) is 5.66. The molecule has 3 aromatic heterocycles. The van der Waals surface area contributed by atoms with E-state index in [2.05, 4.69) is 49.5 Å². The Hall–Kier alpha value is -3.18. The van der Waals surface area contributed by atoms with E-state index < -0.39 is 0 Å². The lowest BCUT2D eigenvalue weighted by Gasteiger charge is -2.50. The molecular formula is C24H30N8. The van der Waals surface area contributed by atoms with Crippen molar-refractivity contribution in [2.75, 3.05) is 23.8 Å². The summed E-state index contributed by atoms with van der Waals surface area (Å²) < 4.78 is 0. The highest BCUT2D eigenvalue weighted by Gasteiger charge is 2.39. The molecule has 0 aromatic carbocycles. The molecule has 5 rings (SSSR count). The summed E-state index contributed by atoms with van der Waals surface area (Å²) in [5.41, 5.74) is 1.92. The number of aromatic amines is 1. The number of hydrogen-bond acceptors (Lipinski definition) is 7. The van der Waals surface area contributed by atoms with E-state index in [1.807, 2.05) is 31.3 Å². The van der Waals surface area contributed by atoms with Crippen LogP contribution in [0.15, 0.2) is 30.5 Å². The van der Waals surface area contributed by atoms with E-state index in [0.717, 1.165) is 53.4 Å². The summed E-state index contributed by atoms with van der Waals surface area (Å²) in [5.74, 6) is 2.45. The Bertz CT molecular complexity index is 1120. The van der Waals surface area contributed by atoms with E-state index in [1.165, 1.54) is 19.3 Å². The van der Waals surface area contributed by atoms with Crippen LogP contribution < -0.4 is 10.2 Å². The molecule has 0 radical (unpaired) electrons. The van der Waals surface area contributed by atoms with Crippen LogP contribution in [-0.2, 0) is 0 Å². The van der Waals surface area contributed by atoms with E-state index in [4.69, 9.17) is 10.2 Å². The molecule has 2 fully saturated rings. The van der Waals surface area contributed by atoms with Gasteiger partial charge >= 0.3 is 0 Å². The van der Waals surface area contributed by atoms with Gasteiger partial charge in [-0.05, 0) is 44.7 Å². The lowest BCUT2D eigenvalue weighted by Crippen LogP contribution is -2.56. The van der Waals surface area contributed by atoms with Crippen molar-refractivity contribution in [3.05, 3.63) is 36.2 Å². The molecule has 2 N–H and O–H groups in total. The summed E-state index contributed by atoms with van der Waals surface area (Å²) in [7, 11) is 2.17. The topological polar surface area (TPSA) is 96.8 Å². The van der Waals surface area contributed by atoms with Gasteiger partial charge < -0.3 is 10.2 Å². The molecule has 2 aliphatic rings. The molecule has 3 aromatic rings. The highest BCUT2D eigenvalue weighted by molar-refractivity contribution is 5.92. The van der Waals surface area contributed by atoms with Crippen molar-refractivity contribution < 1.29 is 0 Å². The SMILES string of the molecule is Cc1cc(Nc2cc3ncccc3c(N(C)[C@@H]3C[C@H]4CCC[C@@H](C3)N4CCC#N)n2)n[nH]1. The van der Waals surface area contributed by atoms with Crippen molar-refractivity contribution in [1.29, 1.82) is 5.26 Å². The van der Waals surface area contributed by atoms with Gasteiger partial charge in [-0.2, -0.15) is 10.4 Å². The smallest absolute Gasteiger partial charge is 0.153 e. The quantitative estimate of drug-likeness (QED) is 0.606. The molecule has 0 spiro atoms. The van der Waals surface area contributed by atoms with Crippen molar-refractivity contribution in [3.8, 4) is 6.07 Å². The monoisotopic (exact) mass is 430 g/mol. The molecule has 166 valence electrons. The number of hydrogen-bond donors (Lipinski definition) is 2. The second kappa shape index (κ2) is 8.75. The summed E-state index contributed by atoms with van der Waals surface area (Å²) in [6.07, 6.45) is 8.40. The van der Waals surface area contributed by atoms with E-state index in [-0.39, 0.29) is 0 Å². The number of fused-ring (bicyclic) bond motifs is 3. The largest absolute Gasteiger partial charge is 0.356 e. The fourth-order valence-corrected chi connectivity index (χ4v) is 5.49. The van der Waals surface area contributed by atoms with Crippen LogP contribution in [0.25, 0.3) is 10.9 Å². The zero-order chi connectivity index (χ0) is 22.1. The van der Waals surface area contributed by atoms with Gasteiger partial charge in [0.05, 0.1) is 11.6 Å². The first-order valence-corrected chi connectivity index (χ1v) is 11.5. The summed E-state index contributed by atoms with van der Waals surface area (Å²) in [6.45, 7) is 2.88. The van der Waals surface area contributed by atoms with Crippen LogP contribution in [0.4, 0.5) is 17.5 Å². The second-order valence-electron chi connectivity index (χ2n) is 9.08. The van der Waals surface area contributed by atoms with Crippen molar-refractivity contribution in [2.24, 2.45) is 0 Å². The van der Waals surface area contributed by atoms with Gasteiger partial charge in [-0.25, -0.2) is 4.98 Å². The van der Waals surface area contributed by atoms with Crippen LogP contribution in [0.5, 0.6) is 0 Å². The van der Waals surface area contributed by atoms with Gasteiger partial charge in [-0.15, -0.1) is 0 Å². The van der Waals surface area contributed by atoms with Crippen LogP contribution >= 0.6 is 0 Å². The zero-order valence-corrected chi connectivity index (χ0v) is 18.8. The van der Waals surface area contributed by atoms with E-state index in [0.29, 0.717) is 24.5 Å². The highest BCUT2D eigenvalue weighted by atomic mass is 15.3. The van der Waals surface area contributed by atoms with Gasteiger partial charge in [0.15, 0.2) is 5.82 Å². The minimum atomic E-state index is 0.419. The van der Waals surface area contributed by atoms with Crippen LogP contribution in [0.3, 0.4) is 0 Å². The predicted octanol–water partition coefficient (Wildman–Crippen LogP) is 4.14. The standard InChI is InChI=1S/C24H30N8/c1-16-12-23(30-29-16)27-22-15-21-20(8-4-10-26-21)24(28-22)31(2)19-13-17-6-3-7-18(14-19)32(17)11-5-9-25/h4,8,10,12,15,17-19H,3,5-7,11,13-14H2,1-2H3,(H2,27,28,29,30)/t17-,18+,19-. The van der Waals surface area contributed by atoms with Crippen LogP contribution in [-0.4, -0.2) is 56.8 Å². The number of aryl methyl sites for hydroxylation is 1. The molecule has 5 heterocycles. The molecule has 2 aliphatic heterocycles. The van der Waals surface area contributed by atoms with Crippen molar-refractivity contribution in [1.82, 2.24) is 25.1 Å². The van der Waals surface area contributed by atoms with Gasteiger partial charge in [-0.3, -0.25) is 15.0 Å². The number of nitrogens with zero attached hydrogens (tertiary/aromatic N) is 6. The third-order valence-corrected chi connectivity index (χ3v) is 7.01. The molecule has 0 amide bonds. The summed E-state index contributed by atoms with van der Waals surface area (Å²) in [4.78, 5) is 14.6. The van der Waals surface area contributed by atoms with E-state index >= 15 is 0 Å². The van der Waals surface area contributed by atoms with E-state index in [9.17, 15) is 0 Å². The number of nitriles is 1. The molecule has 0 aliphatic carbocycles.